The van der Waals surface area contributed by atoms with Gasteiger partial charge in [-0.05, 0) is 47.7 Å². The lowest BCUT2D eigenvalue weighted by Gasteiger charge is -2.29. The van der Waals surface area contributed by atoms with Crippen molar-refractivity contribution in [1.82, 2.24) is 15.6 Å². The molecule has 8 nitrogen and oxygen atoms in total. The smallest absolute Gasteiger partial charge is 0.286 e. The van der Waals surface area contributed by atoms with Crippen molar-refractivity contribution in [2.75, 3.05) is 6.54 Å². The second-order valence-electron chi connectivity index (χ2n) is 9.54. The fraction of sp³-hybridized carbons (Fsp3) is 0.233. The van der Waals surface area contributed by atoms with Crippen LogP contribution < -0.4 is 16.4 Å². The highest BCUT2D eigenvalue weighted by atomic mass is 32.1. The number of thiazole rings is 1. The number of nitrogens with two attached hydrogens (primary N) is 1. The number of benzene rings is 1. The predicted octanol–water partition coefficient (Wildman–Crippen LogP) is 3.45. The molecular formula is C30H28N6O2S. The van der Waals surface area contributed by atoms with Crippen LogP contribution in [0.2, 0.25) is 0 Å². The summed E-state index contributed by atoms with van der Waals surface area (Å²) in [4.78, 5) is 33.9. The molecule has 1 amide bonds. The summed E-state index contributed by atoms with van der Waals surface area (Å²) < 4.78 is 0. The monoisotopic (exact) mass is 536 g/mol. The summed E-state index contributed by atoms with van der Waals surface area (Å²) in [7, 11) is 0. The van der Waals surface area contributed by atoms with E-state index in [9.17, 15) is 9.59 Å². The summed E-state index contributed by atoms with van der Waals surface area (Å²) in [6.45, 7) is 0.158. The Morgan fingerprint density at radius 1 is 1.26 bits per heavy atom. The van der Waals surface area contributed by atoms with Crippen molar-refractivity contribution >= 4 is 34.6 Å². The molecule has 5 N–H and O–H groups in total. The Morgan fingerprint density at radius 2 is 2.10 bits per heavy atom. The summed E-state index contributed by atoms with van der Waals surface area (Å²) in [5.41, 5.74) is 9.12. The van der Waals surface area contributed by atoms with Gasteiger partial charge in [-0.2, -0.15) is 0 Å². The summed E-state index contributed by atoms with van der Waals surface area (Å²) >= 11 is 1.42. The molecule has 0 bridgehead atoms. The number of rotatable bonds is 8. The van der Waals surface area contributed by atoms with Gasteiger partial charge in [0.25, 0.3) is 5.91 Å². The molecule has 0 radical (unpaired) electrons. The molecule has 1 fully saturated rings. The minimum Gasteiger partial charge on any atom is -0.381 e. The largest absolute Gasteiger partial charge is 0.381 e. The molecule has 2 aromatic rings. The molecule has 1 saturated carbocycles. The van der Waals surface area contributed by atoms with Gasteiger partial charge in [-0.15, -0.1) is 11.3 Å². The SMILES string of the molecule is N=C(CC1(C2=C3C=CC=CC3NC=C2)CC1)C(=O)c1ccccc1CNC(=O)C(N)=NCC#Cc1nccs1. The molecule has 0 spiro atoms. The van der Waals surface area contributed by atoms with Crippen molar-refractivity contribution in [2.45, 2.75) is 31.8 Å². The molecule has 1 aliphatic heterocycles. The first-order chi connectivity index (χ1) is 19.0. The first-order valence-electron chi connectivity index (χ1n) is 12.7. The van der Waals surface area contributed by atoms with Gasteiger partial charge in [0.2, 0.25) is 5.78 Å². The molecule has 1 aromatic heterocycles. The number of aliphatic imine (C=N–C) groups is 1. The van der Waals surface area contributed by atoms with Gasteiger partial charge in [-0.3, -0.25) is 14.6 Å². The van der Waals surface area contributed by atoms with Gasteiger partial charge < -0.3 is 21.8 Å². The van der Waals surface area contributed by atoms with E-state index in [1.54, 1.807) is 30.5 Å². The zero-order chi connectivity index (χ0) is 27.2. The fourth-order valence-electron chi connectivity index (χ4n) is 4.79. The van der Waals surface area contributed by atoms with E-state index in [2.05, 4.69) is 50.7 Å². The van der Waals surface area contributed by atoms with Crippen molar-refractivity contribution in [2.24, 2.45) is 16.1 Å². The van der Waals surface area contributed by atoms with Crippen LogP contribution in [0.4, 0.5) is 0 Å². The lowest BCUT2D eigenvalue weighted by atomic mass is 9.80. The summed E-state index contributed by atoms with van der Waals surface area (Å²) in [6.07, 6.45) is 16.3. The number of nitrogens with one attached hydrogen (secondary N) is 3. The third kappa shape index (κ3) is 5.97. The average Bonchev–Trinajstić information content (AvgIpc) is 3.55. The highest BCUT2D eigenvalue weighted by Gasteiger charge is 2.48. The number of carbonyl (C=O) groups is 2. The second-order valence-corrected chi connectivity index (χ2v) is 10.4. The number of fused-ring (bicyclic) bond motifs is 1. The maximum absolute atomic E-state index is 13.4. The van der Waals surface area contributed by atoms with Gasteiger partial charge in [0.1, 0.15) is 6.54 Å². The molecule has 5 rings (SSSR count). The van der Waals surface area contributed by atoms with Crippen molar-refractivity contribution in [3.8, 4) is 11.8 Å². The number of hydrogen-bond donors (Lipinski definition) is 4. The first-order valence-corrected chi connectivity index (χ1v) is 13.5. The number of aromatic nitrogens is 1. The zero-order valence-corrected chi connectivity index (χ0v) is 22.1. The normalized spacial score (nSPS) is 18.5. The zero-order valence-electron chi connectivity index (χ0n) is 21.2. The van der Waals surface area contributed by atoms with E-state index < -0.39 is 5.91 Å². The van der Waals surface area contributed by atoms with Crippen molar-refractivity contribution < 1.29 is 9.59 Å². The Bertz CT molecular complexity index is 1510. The van der Waals surface area contributed by atoms with Crippen LogP contribution in [0, 0.1) is 22.7 Å². The van der Waals surface area contributed by atoms with E-state index in [0.717, 1.165) is 12.8 Å². The maximum Gasteiger partial charge on any atom is 0.286 e. The van der Waals surface area contributed by atoms with Crippen LogP contribution in [0.1, 0.15) is 40.2 Å². The van der Waals surface area contributed by atoms with Gasteiger partial charge in [-0.25, -0.2) is 4.98 Å². The standard InChI is InChI=1S/C30H28N6O2S/c31-24(18-30(12-13-30)23-11-15-33-25-9-4-3-8-22(23)25)27(37)21-7-2-1-6-20(21)19-36-29(38)28(32)35-14-5-10-26-34-16-17-39-26/h1-4,6-9,11,15-17,25,31,33H,12-14,18-19H2,(H2,32,35)(H,36,38). The number of Topliss-reactive ketones (excluding diaryl/α,β-unsaturated/α-hetero) is 1. The maximum atomic E-state index is 13.4. The van der Waals surface area contributed by atoms with E-state index in [4.69, 9.17) is 11.1 Å². The van der Waals surface area contributed by atoms with Crippen LogP contribution in [0.15, 0.2) is 88.6 Å². The van der Waals surface area contributed by atoms with E-state index >= 15 is 0 Å². The second kappa shape index (κ2) is 11.5. The molecule has 196 valence electrons. The quantitative estimate of drug-likeness (QED) is 0.178. The Hall–Kier alpha value is -4.55. The van der Waals surface area contributed by atoms with Crippen LogP contribution in [-0.2, 0) is 11.3 Å². The molecule has 1 aromatic carbocycles. The number of allylic oxidation sites excluding steroid dienone is 4. The average molecular weight is 537 g/mol. The van der Waals surface area contributed by atoms with Crippen molar-refractivity contribution in [3.63, 3.8) is 0 Å². The number of hydrogen-bond acceptors (Lipinski definition) is 7. The molecule has 39 heavy (non-hydrogen) atoms. The molecular weight excluding hydrogens is 508 g/mol. The van der Waals surface area contributed by atoms with Crippen LogP contribution >= 0.6 is 11.3 Å². The van der Waals surface area contributed by atoms with Crippen LogP contribution in [0.3, 0.4) is 0 Å². The minimum atomic E-state index is -0.546. The Balaban J connectivity index is 1.22. The fourth-order valence-corrected chi connectivity index (χ4v) is 5.29. The predicted molar refractivity (Wildman–Crippen MR) is 153 cm³/mol. The molecule has 2 heterocycles. The van der Waals surface area contributed by atoms with Gasteiger partial charge in [0.05, 0.1) is 11.8 Å². The van der Waals surface area contributed by atoms with E-state index in [-0.39, 0.29) is 41.9 Å². The number of amides is 1. The number of nitrogens with zero attached hydrogens (tertiary/aromatic N) is 2. The van der Waals surface area contributed by atoms with Gasteiger partial charge in [0, 0.05) is 35.5 Å². The topological polar surface area (TPSA) is 133 Å². The minimum absolute atomic E-state index is 0.0677. The van der Waals surface area contributed by atoms with E-state index in [0.29, 0.717) is 22.6 Å². The van der Waals surface area contributed by atoms with Gasteiger partial charge in [0.15, 0.2) is 10.8 Å². The lowest BCUT2D eigenvalue weighted by Crippen LogP contribution is -2.36. The first kappa shape index (κ1) is 26.1. The Morgan fingerprint density at radius 3 is 2.90 bits per heavy atom. The van der Waals surface area contributed by atoms with Crippen molar-refractivity contribution in [3.05, 3.63) is 99.7 Å². The molecule has 9 heteroatoms. The number of ketones is 1. The van der Waals surface area contributed by atoms with E-state index in [1.807, 2.05) is 23.7 Å². The lowest BCUT2D eigenvalue weighted by molar-refractivity contribution is -0.115. The van der Waals surface area contributed by atoms with Crippen LogP contribution in [0.25, 0.3) is 0 Å². The van der Waals surface area contributed by atoms with Gasteiger partial charge >= 0.3 is 0 Å². The van der Waals surface area contributed by atoms with Crippen molar-refractivity contribution in [1.29, 1.82) is 5.41 Å². The Labute approximate surface area is 231 Å². The summed E-state index contributed by atoms with van der Waals surface area (Å²) in [5.74, 6) is 4.60. The number of carbonyl (C=O) groups excluding carboxylic acids is 2. The highest BCUT2D eigenvalue weighted by molar-refractivity contribution is 7.10. The molecule has 0 saturated heterocycles. The van der Waals surface area contributed by atoms with Crippen LogP contribution in [-0.4, -0.2) is 40.8 Å². The third-order valence-electron chi connectivity index (χ3n) is 6.97. The van der Waals surface area contributed by atoms with E-state index in [1.165, 1.54) is 22.5 Å². The number of amidine groups is 1. The summed E-state index contributed by atoms with van der Waals surface area (Å²) in [5, 5.41) is 17.3. The molecule has 3 aliphatic rings. The third-order valence-corrected chi connectivity index (χ3v) is 7.66. The highest BCUT2D eigenvalue weighted by Crippen LogP contribution is 2.57. The van der Waals surface area contributed by atoms with Crippen LogP contribution in [0.5, 0.6) is 0 Å². The van der Waals surface area contributed by atoms with Gasteiger partial charge in [-0.1, -0.05) is 54.5 Å². The molecule has 1 atom stereocenters. The summed E-state index contributed by atoms with van der Waals surface area (Å²) in [6, 6.07) is 7.15. The molecule has 1 unspecified atom stereocenters. The molecule has 2 aliphatic carbocycles. The number of dihydropyridines is 1. The Kier molecular flexibility index (Phi) is 7.66.